The van der Waals surface area contributed by atoms with Gasteiger partial charge in [-0.05, 0) is 42.8 Å². The predicted molar refractivity (Wildman–Crippen MR) is 98.2 cm³/mol. The van der Waals surface area contributed by atoms with Gasteiger partial charge in [0.15, 0.2) is 0 Å². The zero-order valence-electron chi connectivity index (χ0n) is 14.3. The second kappa shape index (κ2) is 7.64. The van der Waals surface area contributed by atoms with Crippen LogP contribution in [0.15, 0.2) is 66.9 Å². The van der Waals surface area contributed by atoms with Gasteiger partial charge in [0.2, 0.25) is 5.91 Å². The fourth-order valence-electron chi connectivity index (χ4n) is 2.72. The molecule has 2 aromatic carbocycles. The van der Waals surface area contributed by atoms with Gasteiger partial charge in [-0.3, -0.25) is 10.1 Å². The maximum absolute atomic E-state index is 11.9. The first-order valence-corrected chi connectivity index (χ1v) is 8.25. The number of amides is 1. The predicted octanol–water partition coefficient (Wildman–Crippen LogP) is 2.62. The number of nitrogens with one attached hydrogen (secondary N) is 1. The number of rotatable bonds is 6. The van der Waals surface area contributed by atoms with Crippen LogP contribution in [0.25, 0.3) is 5.69 Å². The van der Waals surface area contributed by atoms with Gasteiger partial charge in [-0.25, -0.2) is 4.68 Å². The molecule has 2 unspecified atom stereocenters. The molecule has 0 aliphatic heterocycles. The van der Waals surface area contributed by atoms with Crippen LogP contribution in [0, 0.1) is 11.3 Å². The molecule has 0 saturated carbocycles. The highest BCUT2D eigenvalue weighted by molar-refractivity contribution is 5.81. The zero-order chi connectivity index (χ0) is 18.5. The Bertz CT molecular complexity index is 925. The van der Waals surface area contributed by atoms with Gasteiger partial charge in [0, 0.05) is 12.2 Å². The molecule has 1 amide bonds. The lowest BCUT2D eigenvalue weighted by Gasteiger charge is -2.20. The van der Waals surface area contributed by atoms with Gasteiger partial charge < -0.3 is 5.73 Å². The van der Waals surface area contributed by atoms with Gasteiger partial charge in [-0.15, -0.1) is 0 Å². The lowest BCUT2D eigenvalue weighted by Crippen LogP contribution is -2.35. The molecule has 0 fully saturated rings. The van der Waals surface area contributed by atoms with E-state index in [0.29, 0.717) is 11.1 Å². The van der Waals surface area contributed by atoms with Crippen LogP contribution in [0.2, 0.25) is 0 Å². The van der Waals surface area contributed by atoms with Crippen LogP contribution >= 0.6 is 0 Å². The van der Waals surface area contributed by atoms with Crippen molar-refractivity contribution in [3.8, 4) is 11.8 Å². The van der Waals surface area contributed by atoms with Crippen LogP contribution in [-0.2, 0) is 4.79 Å². The summed E-state index contributed by atoms with van der Waals surface area (Å²) in [5.74, 6) is -0.482. The molecular weight excluding hydrogens is 326 g/mol. The van der Waals surface area contributed by atoms with Crippen LogP contribution in [0.5, 0.6) is 0 Å². The van der Waals surface area contributed by atoms with Gasteiger partial charge in [0.25, 0.3) is 0 Å². The van der Waals surface area contributed by atoms with Gasteiger partial charge in [-0.2, -0.15) is 10.4 Å². The third-order valence-corrected chi connectivity index (χ3v) is 4.15. The molecule has 1 heterocycles. The number of aromatic nitrogens is 2. The van der Waals surface area contributed by atoms with E-state index in [1.54, 1.807) is 28.9 Å². The van der Waals surface area contributed by atoms with E-state index < -0.39 is 11.9 Å². The second-order valence-electron chi connectivity index (χ2n) is 5.98. The molecule has 2 atom stereocenters. The smallest absolute Gasteiger partial charge is 0.239 e. The van der Waals surface area contributed by atoms with E-state index in [-0.39, 0.29) is 6.04 Å². The highest BCUT2D eigenvalue weighted by Gasteiger charge is 2.21. The summed E-state index contributed by atoms with van der Waals surface area (Å²) >= 11 is 0. The summed E-state index contributed by atoms with van der Waals surface area (Å²) in [4.78, 5) is 11.9. The molecule has 3 aromatic rings. The topological polar surface area (TPSA) is 96.7 Å². The van der Waals surface area contributed by atoms with Crippen molar-refractivity contribution in [1.29, 1.82) is 5.26 Å². The Labute approximate surface area is 151 Å². The Morgan fingerprint density at radius 2 is 1.85 bits per heavy atom. The molecule has 130 valence electrons. The highest BCUT2D eigenvalue weighted by Crippen LogP contribution is 2.20. The average Bonchev–Trinajstić information content (AvgIpc) is 3.17. The second-order valence-corrected chi connectivity index (χ2v) is 5.98. The quantitative estimate of drug-likeness (QED) is 0.718. The van der Waals surface area contributed by atoms with Gasteiger partial charge in [0.1, 0.15) is 6.04 Å². The van der Waals surface area contributed by atoms with Crippen molar-refractivity contribution in [1.82, 2.24) is 15.1 Å². The van der Waals surface area contributed by atoms with Crippen LogP contribution < -0.4 is 11.1 Å². The number of hydrogen-bond donors (Lipinski definition) is 2. The van der Waals surface area contributed by atoms with Gasteiger partial charge in [0.05, 0.1) is 23.0 Å². The molecular formula is C20H19N5O. The largest absolute Gasteiger partial charge is 0.368 e. The van der Waals surface area contributed by atoms with Crippen molar-refractivity contribution in [3.63, 3.8) is 0 Å². The Morgan fingerprint density at radius 1 is 1.15 bits per heavy atom. The van der Waals surface area contributed by atoms with E-state index in [1.165, 1.54) is 0 Å². The van der Waals surface area contributed by atoms with E-state index >= 15 is 0 Å². The summed E-state index contributed by atoms with van der Waals surface area (Å²) in [6, 6.07) is 19.7. The van der Waals surface area contributed by atoms with E-state index in [2.05, 4.69) is 16.5 Å². The normalized spacial score (nSPS) is 12.9. The Hall–Kier alpha value is -3.43. The Balaban J connectivity index is 1.78. The van der Waals surface area contributed by atoms with Crippen molar-refractivity contribution in [2.75, 3.05) is 0 Å². The molecule has 0 aliphatic carbocycles. The molecule has 0 radical (unpaired) electrons. The average molecular weight is 345 g/mol. The number of hydrogen-bond acceptors (Lipinski definition) is 4. The molecule has 1 aromatic heterocycles. The monoisotopic (exact) mass is 345 g/mol. The summed E-state index contributed by atoms with van der Waals surface area (Å²) in [5, 5.41) is 16.7. The van der Waals surface area contributed by atoms with E-state index in [9.17, 15) is 4.79 Å². The molecule has 0 bridgehead atoms. The third kappa shape index (κ3) is 3.79. The van der Waals surface area contributed by atoms with Crippen LogP contribution in [-0.4, -0.2) is 15.7 Å². The molecule has 6 heteroatoms. The Morgan fingerprint density at radius 3 is 2.46 bits per heavy atom. The number of carbonyl (C=O) groups excluding carboxylic acids is 1. The van der Waals surface area contributed by atoms with Crippen molar-refractivity contribution >= 4 is 5.91 Å². The van der Waals surface area contributed by atoms with Crippen molar-refractivity contribution in [2.45, 2.75) is 19.0 Å². The number of nitriles is 1. The number of benzene rings is 2. The maximum atomic E-state index is 11.9. The summed E-state index contributed by atoms with van der Waals surface area (Å²) < 4.78 is 1.79. The SMILES string of the molecule is CC(NC(C(N)=O)c1ccc(C#N)cc1)c1ccn(-c2ccccc2)n1. The Kier molecular flexibility index (Phi) is 5.11. The zero-order valence-corrected chi connectivity index (χ0v) is 14.3. The minimum Gasteiger partial charge on any atom is -0.368 e. The standard InChI is InChI=1S/C20H19N5O/c1-14(18-11-12-25(24-18)17-5-3-2-4-6-17)23-19(20(22)26)16-9-7-15(13-21)8-10-16/h2-12,14,19,23H,1H3,(H2,22,26). The fourth-order valence-corrected chi connectivity index (χ4v) is 2.72. The summed E-state index contributed by atoms with van der Waals surface area (Å²) in [6.45, 7) is 1.93. The summed E-state index contributed by atoms with van der Waals surface area (Å²) in [7, 11) is 0. The number of nitrogens with zero attached hydrogens (tertiary/aromatic N) is 3. The van der Waals surface area contributed by atoms with E-state index in [0.717, 1.165) is 11.4 Å². The number of para-hydroxylation sites is 1. The van der Waals surface area contributed by atoms with E-state index in [1.807, 2.05) is 49.5 Å². The third-order valence-electron chi connectivity index (χ3n) is 4.15. The fraction of sp³-hybridized carbons (Fsp3) is 0.150. The molecule has 3 N–H and O–H groups in total. The van der Waals surface area contributed by atoms with Crippen LogP contribution in [0.3, 0.4) is 0 Å². The van der Waals surface area contributed by atoms with Crippen molar-refractivity contribution in [3.05, 3.63) is 83.7 Å². The van der Waals surface area contributed by atoms with Crippen LogP contribution in [0.1, 0.15) is 35.8 Å². The number of primary amides is 1. The molecule has 26 heavy (non-hydrogen) atoms. The van der Waals surface area contributed by atoms with E-state index in [4.69, 9.17) is 11.0 Å². The van der Waals surface area contributed by atoms with Gasteiger partial charge in [-0.1, -0.05) is 30.3 Å². The van der Waals surface area contributed by atoms with Crippen LogP contribution in [0.4, 0.5) is 0 Å². The van der Waals surface area contributed by atoms with Crippen molar-refractivity contribution in [2.24, 2.45) is 5.73 Å². The number of nitrogens with two attached hydrogens (primary N) is 1. The molecule has 0 saturated heterocycles. The lowest BCUT2D eigenvalue weighted by atomic mass is 10.0. The minimum absolute atomic E-state index is 0.187. The highest BCUT2D eigenvalue weighted by atomic mass is 16.1. The molecule has 0 spiro atoms. The first kappa shape index (κ1) is 17.4. The first-order valence-electron chi connectivity index (χ1n) is 8.25. The van der Waals surface area contributed by atoms with Gasteiger partial charge >= 0.3 is 0 Å². The first-order chi connectivity index (χ1) is 12.6. The maximum Gasteiger partial charge on any atom is 0.239 e. The molecule has 0 aliphatic rings. The molecule has 3 rings (SSSR count). The molecule has 6 nitrogen and oxygen atoms in total. The minimum atomic E-state index is -0.667. The van der Waals surface area contributed by atoms with Crippen molar-refractivity contribution < 1.29 is 4.79 Å². The lowest BCUT2D eigenvalue weighted by molar-refractivity contribution is -0.120. The number of carbonyl (C=O) groups is 1. The summed E-state index contributed by atoms with van der Waals surface area (Å²) in [6.07, 6.45) is 1.88. The summed E-state index contributed by atoms with van der Waals surface area (Å²) in [5.41, 5.74) is 8.58.